The number of hydrogen-bond donors (Lipinski definition) is 1. The lowest BCUT2D eigenvalue weighted by Gasteiger charge is -2.05. The minimum absolute atomic E-state index is 0.176. The van der Waals surface area contributed by atoms with Gasteiger partial charge in [-0.1, -0.05) is 23.7 Å². The van der Waals surface area contributed by atoms with Crippen molar-refractivity contribution >= 4 is 30.0 Å². The van der Waals surface area contributed by atoms with Crippen LogP contribution in [0.4, 0.5) is 4.39 Å². The van der Waals surface area contributed by atoms with Gasteiger partial charge in [-0.3, -0.25) is 0 Å². The van der Waals surface area contributed by atoms with Crippen molar-refractivity contribution in [1.82, 2.24) is 14.9 Å². The number of benzene rings is 2. The van der Waals surface area contributed by atoms with Crippen LogP contribution >= 0.6 is 23.8 Å². The minimum atomic E-state index is -0.302. The molecule has 0 amide bonds. The van der Waals surface area contributed by atoms with Crippen LogP contribution < -0.4 is 4.74 Å². The molecule has 5 nitrogen and oxygen atoms in total. The third-order valence-electron chi connectivity index (χ3n) is 3.09. The first kappa shape index (κ1) is 16.4. The van der Waals surface area contributed by atoms with Crippen molar-refractivity contribution < 1.29 is 9.13 Å². The smallest absolute Gasteiger partial charge is 0.216 e. The van der Waals surface area contributed by atoms with Gasteiger partial charge in [0, 0.05) is 5.02 Å². The molecule has 0 aliphatic rings. The highest BCUT2D eigenvalue weighted by molar-refractivity contribution is 7.71. The van der Waals surface area contributed by atoms with Gasteiger partial charge in [-0.2, -0.15) is 14.9 Å². The standard InChI is InChI=1S/C16H12ClFN4OS/c17-12-3-7-14(8-4-12)23-10-15-20-21-16(24)22(15)19-9-11-1-5-13(18)6-2-11/h1-9H,10H2,(H,21,24)/b19-9-. The van der Waals surface area contributed by atoms with Crippen molar-refractivity contribution in [1.29, 1.82) is 0 Å². The average Bonchev–Trinajstić information content (AvgIpc) is 2.94. The van der Waals surface area contributed by atoms with Crippen molar-refractivity contribution in [2.45, 2.75) is 6.61 Å². The SMILES string of the molecule is Fc1ccc(/C=N\n2c(COc3ccc(Cl)cc3)n[nH]c2=S)cc1. The zero-order chi connectivity index (χ0) is 16.9. The molecule has 24 heavy (non-hydrogen) atoms. The molecule has 0 unspecified atom stereocenters. The van der Waals surface area contributed by atoms with Gasteiger partial charge < -0.3 is 4.74 Å². The number of aromatic nitrogens is 3. The molecule has 0 radical (unpaired) electrons. The van der Waals surface area contributed by atoms with E-state index in [-0.39, 0.29) is 12.4 Å². The van der Waals surface area contributed by atoms with Crippen LogP contribution in [0.15, 0.2) is 53.6 Å². The first-order valence-corrected chi connectivity index (χ1v) is 7.75. The first-order valence-electron chi connectivity index (χ1n) is 6.96. The van der Waals surface area contributed by atoms with E-state index in [1.54, 1.807) is 42.6 Å². The Morgan fingerprint density at radius 1 is 1.21 bits per heavy atom. The molecule has 8 heteroatoms. The topological polar surface area (TPSA) is 55.2 Å². The van der Waals surface area contributed by atoms with Crippen LogP contribution in [0.25, 0.3) is 0 Å². The average molecular weight is 363 g/mol. The lowest BCUT2D eigenvalue weighted by Crippen LogP contribution is -2.04. The Bertz CT molecular complexity index is 903. The summed E-state index contributed by atoms with van der Waals surface area (Å²) in [7, 11) is 0. The van der Waals surface area contributed by atoms with Crippen molar-refractivity contribution in [2.75, 3.05) is 0 Å². The molecule has 122 valence electrons. The zero-order valence-electron chi connectivity index (χ0n) is 12.3. The number of nitrogens with zero attached hydrogens (tertiary/aromatic N) is 3. The van der Waals surface area contributed by atoms with Gasteiger partial charge in [-0.05, 0) is 54.2 Å². The molecule has 0 saturated carbocycles. The summed E-state index contributed by atoms with van der Waals surface area (Å²) in [5, 5.41) is 11.7. The van der Waals surface area contributed by atoms with Crippen LogP contribution in [0.5, 0.6) is 5.75 Å². The van der Waals surface area contributed by atoms with E-state index in [9.17, 15) is 4.39 Å². The predicted molar refractivity (Wildman–Crippen MR) is 92.6 cm³/mol. The molecule has 2 aromatic carbocycles. The van der Waals surface area contributed by atoms with Gasteiger partial charge >= 0.3 is 0 Å². The fraction of sp³-hybridized carbons (Fsp3) is 0.0625. The van der Waals surface area contributed by atoms with Gasteiger partial charge in [0.1, 0.15) is 18.2 Å². The van der Waals surface area contributed by atoms with E-state index in [1.165, 1.54) is 16.8 Å². The molecule has 0 aliphatic heterocycles. The Hall–Kier alpha value is -2.51. The van der Waals surface area contributed by atoms with Crippen molar-refractivity contribution in [3.05, 3.63) is 75.5 Å². The highest BCUT2D eigenvalue weighted by Gasteiger charge is 2.06. The third-order valence-corrected chi connectivity index (χ3v) is 3.61. The second-order valence-corrected chi connectivity index (χ2v) is 5.62. The maximum Gasteiger partial charge on any atom is 0.216 e. The molecular weight excluding hydrogens is 351 g/mol. The second kappa shape index (κ2) is 7.37. The lowest BCUT2D eigenvalue weighted by molar-refractivity contribution is 0.290. The maximum atomic E-state index is 12.9. The second-order valence-electron chi connectivity index (χ2n) is 4.80. The largest absolute Gasteiger partial charge is 0.486 e. The number of nitrogens with one attached hydrogen (secondary N) is 1. The number of H-pyrrole nitrogens is 1. The van der Waals surface area contributed by atoms with E-state index < -0.39 is 0 Å². The van der Waals surface area contributed by atoms with Gasteiger partial charge in [0.25, 0.3) is 0 Å². The van der Waals surface area contributed by atoms with E-state index in [0.717, 1.165) is 5.56 Å². The molecule has 0 atom stereocenters. The highest BCUT2D eigenvalue weighted by atomic mass is 35.5. The monoisotopic (exact) mass is 362 g/mol. The van der Waals surface area contributed by atoms with Gasteiger partial charge in [-0.15, -0.1) is 0 Å². The molecule has 1 aromatic heterocycles. The summed E-state index contributed by atoms with van der Waals surface area (Å²) in [6.45, 7) is 0.176. The minimum Gasteiger partial charge on any atom is -0.486 e. The van der Waals surface area contributed by atoms with E-state index in [4.69, 9.17) is 28.6 Å². The van der Waals surface area contributed by atoms with E-state index >= 15 is 0 Å². The van der Waals surface area contributed by atoms with Crippen molar-refractivity contribution in [2.24, 2.45) is 5.10 Å². The molecule has 1 N–H and O–H groups in total. The molecule has 0 saturated heterocycles. The first-order chi connectivity index (χ1) is 11.6. The fourth-order valence-corrected chi connectivity index (χ4v) is 2.21. The maximum absolute atomic E-state index is 12.9. The zero-order valence-corrected chi connectivity index (χ0v) is 13.9. The molecule has 1 heterocycles. The number of rotatable bonds is 5. The van der Waals surface area contributed by atoms with Gasteiger partial charge in [0.15, 0.2) is 5.82 Å². The quantitative estimate of drug-likeness (QED) is 0.547. The van der Waals surface area contributed by atoms with Crippen LogP contribution in [-0.2, 0) is 6.61 Å². The lowest BCUT2D eigenvalue weighted by atomic mass is 10.2. The van der Waals surface area contributed by atoms with Crippen LogP contribution in [0.1, 0.15) is 11.4 Å². The highest BCUT2D eigenvalue weighted by Crippen LogP contribution is 2.16. The summed E-state index contributed by atoms with van der Waals surface area (Å²) < 4.78 is 20.3. The Labute approximate surface area is 147 Å². The van der Waals surface area contributed by atoms with Crippen LogP contribution in [-0.4, -0.2) is 21.1 Å². The van der Waals surface area contributed by atoms with Crippen molar-refractivity contribution in [3.8, 4) is 5.75 Å². The number of ether oxygens (including phenoxy) is 1. The summed E-state index contributed by atoms with van der Waals surface area (Å²) in [5.41, 5.74) is 0.740. The van der Waals surface area contributed by atoms with Gasteiger partial charge in [0.2, 0.25) is 4.77 Å². The summed E-state index contributed by atoms with van der Waals surface area (Å²) in [6.07, 6.45) is 1.57. The molecule has 0 aliphatic carbocycles. The van der Waals surface area contributed by atoms with Gasteiger partial charge in [0.05, 0.1) is 6.21 Å². The Kier molecular flexibility index (Phi) is 5.02. The Morgan fingerprint density at radius 2 is 1.92 bits per heavy atom. The number of halogens is 2. The Balaban J connectivity index is 1.74. The Morgan fingerprint density at radius 3 is 2.62 bits per heavy atom. The van der Waals surface area contributed by atoms with Gasteiger partial charge in [-0.25, -0.2) is 9.49 Å². The van der Waals surface area contributed by atoms with E-state index in [2.05, 4.69) is 15.3 Å². The van der Waals surface area contributed by atoms with Crippen molar-refractivity contribution in [3.63, 3.8) is 0 Å². The summed E-state index contributed by atoms with van der Waals surface area (Å²) >= 11 is 11.0. The number of hydrogen-bond acceptors (Lipinski definition) is 4. The van der Waals surface area contributed by atoms with Crippen LogP contribution in [0, 0.1) is 10.6 Å². The molecule has 0 fully saturated rings. The molecule has 3 rings (SSSR count). The molecule has 0 spiro atoms. The van der Waals surface area contributed by atoms with E-state index in [1.807, 2.05) is 0 Å². The number of aromatic amines is 1. The summed E-state index contributed by atoms with van der Waals surface area (Å²) in [4.78, 5) is 0. The van der Waals surface area contributed by atoms with Crippen LogP contribution in [0.3, 0.4) is 0 Å². The third kappa shape index (κ3) is 4.06. The summed E-state index contributed by atoms with van der Waals surface area (Å²) in [6, 6.07) is 13.0. The normalized spacial score (nSPS) is 11.1. The molecular formula is C16H12ClFN4OS. The van der Waals surface area contributed by atoms with E-state index in [0.29, 0.717) is 21.4 Å². The molecule has 3 aromatic rings. The summed E-state index contributed by atoms with van der Waals surface area (Å²) in [5.74, 6) is 0.861. The fourth-order valence-electron chi connectivity index (χ4n) is 1.89. The van der Waals surface area contributed by atoms with Crippen LogP contribution in [0.2, 0.25) is 5.02 Å². The predicted octanol–water partition coefficient (Wildman–Crippen LogP) is 4.19. The molecule has 0 bridgehead atoms.